The van der Waals surface area contributed by atoms with Gasteiger partial charge in [0, 0.05) is 25.8 Å². The minimum atomic E-state index is 0.281. The first-order valence-electron chi connectivity index (χ1n) is 6.60. The van der Waals surface area contributed by atoms with Gasteiger partial charge in [-0.25, -0.2) is 0 Å². The SMILES string of the molecule is COCCCCCN1CCCNC(C)(C)C1. The molecule has 0 spiro atoms. The molecule has 0 saturated carbocycles. The predicted molar refractivity (Wildman–Crippen MR) is 68.9 cm³/mol. The van der Waals surface area contributed by atoms with Gasteiger partial charge in [0.2, 0.25) is 0 Å². The molecule has 1 N–H and O–H groups in total. The third-order valence-corrected chi connectivity index (χ3v) is 3.20. The Morgan fingerprint density at radius 3 is 2.81 bits per heavy atom. The second-order valence-corrected chi connectivity index (χ2v) is 5.49. The summed E-state index contributed by atoms with van der Waals surface area (Å²) in [6.45, 7) is 10.3. The molecular formula is C13H28N2O. The molecule has 16 heavy (non-hydrogen) atoms. The Morgan fingerprint density at radius 1 is 1.25 bits per heavy atom. The molecule has 96 valence electrons. The third kappa shape index (κ3) is 5.83. The number of hydrogen-bond acceptors (Lipinski definition) is 3. The second-order valence-electron chi connectivity index (χ2n) is 5.49. The number of rotatable bonds is 6. The molecule has 1 aliphatic rings. The molecule has 0 amide bonds. The summed E-state index contributed by atoms with van der Waals surface area (Å²) in [4.78, 5) is 2.60. The summed E-state index contributed by atoms with van der Waals surface area (Å²) in [5, 5.41) is 3.60. The lowest BCUT2D eigenvalue weighted by atomic mass is 10.1. The summed E-state index contributed by atoms with van der Waals surface area (Å²) < 4.78 is 5.06. The molecule has 0 aromatic heterocycles. The summed E-state index contributed by atoms with van der Waals surface area (Å²) in [6, 6.07) is 0. The quantitative estimate of drug-likeness (QED) is 0.703. The highest BCUT2D eigenvalue weighted by Crippen LogP contribution is 2.11. The van der Waals surface area contributed by atoms with Crippen molar-refractivity contribution in [3.05, 3.63) is 0 Å². The second kappa shape index (κ2) is 7.25. The Hall–Kier alpha value is -0.120. The van der Waals surface area contributed by atoms with Gasteiger partial charge in [-0.2, -0.15) is 0 Å². The third-order valence-electron chi connectivity index (χ3n) is 3.20. The zero-order valence-electron chi connectivity index (χ0n) is 11.2. The molecule has 0 aromatic carbocycles. The fourth-order valence-corrected chi connectivity index (χ4v) is 2.37. The standard InChI is InChI=1S/C13H28N2O/c1-13(2)12-15(10-7-8-14-13)9-5-4-6-11-16-3/h14H,4-12H2,1-3H3. The first-order chi connectivity index (χ1) is 7.64. The first-order valence-corrected chi connectivity index (χ1v) is 6.60. The molecule has 1 aliphatic heterocycles. The number of ether oxygens (including phenoxy) is 1. The van der Waals surface area contributed by atoms with Gasteiger partial charge < -0.3 is 15.0 Å². The van der Waals surface area contributed by atoms with Gasteiger partial charge in [-0.1, -0.05) is 0 Å². The predicted octanol–water partition coefficient (Wildman–Crippen LogP) is 1.88. The zero-order valence-corrected chi connectivity index (χ0v) is 11.2. The molecule has 1 rings (SSSR count). The van der Waals surface area contributed by atoms with Crippen molar-refractivity contribution in [1.82, 2.24) is 10.2 Å². The molecule has 0 aromatic rings. The van der Waals surface area contributed by atoms with E-state index in [0.717, 1.165) is 13.2 Å². The van der Waals surface area contributed by atoms with Crippen LogP contribution in [0.25, 0.3) is 0 Å². The average Bonchev–Trinajstić information content (AvgIpc) is 2.39. The lowest BCUT2D eigenvalue weighted by Crippen LogP contribution is -2.46. The Morgan fingerprint density at radius 2 is 2.06 bits per heavy atom. The largest absolute Gasteiger partial charge is 0.385 e. The van der Waals surface area contributed by atoms with Gasteiger partial charge in [0.15, 0.2) is 0 Å². The highest BCUT2D eigenvalue weighted by Gasteiger charge is 2.23. The number of nitrogens with one attached hydrogen (secondary N) is 1. The maximum atomic E-state index is 5.06. The number of methoxy groups -OCH3 is 1. The summed E-state index contributed by atoms with van der Waals surface area (Å²) in [6.07, 6.45) is 5.07. The molecule has 0 radical (unpaired) electrons. The van der Waals surface area contributed by atoms with Crippen LogP contribution in [0, 0.1) is 0 Å². The number of hydrogen-bond donors (Lipinski definition) is 1. The zero-order chi connectivity index (χ0) is 11.9. The van der Waals surface area contributed by atoms with E-state index in [-0.39, 0.29) is 5.54 Å². The fraction of sp³-hybridized carbons (Fsp3) is 1.00. The van der Waals surface area contributed by atoms with Crippen LogP contribution in [-0.4, -0.2) is 50.3 Å². The van der Waals surface area contributed by atoms with Crippen LogP contribution in [0.15, 0.2) is 0 Å². The molecule has 1 heterocycles. The summed E-state index contributed by atoms with van der Waals surface area (Å²) in [5.41, 5.74) is 0.281. The Bertz CT molecular complexity index is 183. The normalized spacial score (nSPS) is 21.9. The maximum absolute atomic E-state index is 5.06. The van der Waals surface area contributed by atoms with Gasteiger partial charge in [-0.05, 0) is 59.2 Å². The van der Waals surface area contributed by atoms with Crippen LogP contribution in [0.1, 0.15) is 39.5 Å². The van der Waals surface area contributed by atoms with Gasteiger partial charge in [0.1, 0.15) is 0 Å². The molecule has 3 nitrogen and oxygen atoms in total. The molecule has 1 fully saturated rings. The highest BCUT2D eigenvalue weighted by atomic mass is 16.5. The van der Waals surface area contributed by atoms with Gasteiger partial charge in [0.05, 0.1) is 0 Å². The van der Waals surface area contributed by atoms with Crippen molar-refractivity contribution < 1.29 is 4.74 Å². The lowest BCUT2D eigenvalue weighted by molar-refractivity contribution is 0.186. The van der Waals surface area contributed by atoms with Crippen LogP contribution in [0.2, 0.25) is 0 Å². The number of unbranched alkanes of at least 4 members (excludes halogenated alkanes) is 2. The molecule has 1 saturated heterocycles. The minimum Gasteiger partial charge on any atom is -0.385 e. The van der Waals surface area contributed by atoms with E-state index in [1.807, 2.05) is 0 Å². The van der Waals surface area contributed by atoms with Crippen molar-refractivity contribution in [2.75, 3.05) is 39.9 Å². The van der Waals surface area contributed by atoms with E-state index >= 15 is 0 Å². The molecule has 0 bridgehead atoms. The maximum Gasteiger partial charge on any atom is 0.0462 e. The van der Waals surface area contributed by atoms with E-state index in [2.05, 4.69) is 24.1 Å². The van der Waals surface area contributed by atoms with Crippen molar-refractivity contribution in [2.24, 2.45) is 0 Å². The van der Waals surface area contributed by atoms with Crippen LogP contribution in [0.4, 0.5) is 0 Å². The van der Waals surface area contributed by atoms with Gasteiger partial charge in [-0.15, -0.1) is 0 Å². The Kier molecular flexibility index (Phi) is 6.32. The van der Waals surface area contributed by atoms with Crippen molar-refractivity contribution in [2.45, 2.75) is 45.1 Å². The van der Waals surface area contributed by atoms with Gasteiger partial charge in [0.25, 0.3) is 0 Å². The van der Waals surface area contributed by atoms with E-state index in [1.165, 1.54) is 45.3 Å². The van der Waals surface area contributed by atoms with E-state index in [4.69, 9.17) is 4.74 Å². The van der Waals surface area contributed by atoms with Crippen LogP contribution in [0.3, 0.4) is 0 Å². The lowest BCUT2D eigenvalue weighted by Gasteiger charge is -2.30. The van der Waals surface area contributed by atoms with Gasteiger partial charge in [-0.3, -0.25) is 0 Å². The summed E-state index contributed by atoms with van der Waals surface area (Å²) in [7, 11) is 1.78. The van der Waals surface area contributed by atoms with Crippen molar-refractivity contribution in [1.29, 1.82) is 0 Å². The van der Waals surface area contributed by atoms with E-state index in [1.54, 1.807) is 7.11 Å². The van der Waals surface area contributed by atoms with Crippen molar-refractivity contribution in [3.63, 3.8) is 0 Å². The molecule has 0 aliphatic carbocycles. The topological polar surface area (TPSA) is 24.5 Å². The van der Waals surface area contributed by atoms with Crippen LogP contribution < -0.4 is 5.32 Å². The number of nitrogens with zero attached hydrogens (tertiary/aromatic N) is 1. The van der Waals surface area contributed by atoms with Crippen LogP contribution in [0.5, 0.6) is 0 Å². The smallest absolute Gasteiger partial charge is 0.0462 e. The molecular weight excluding hydrogens is 200 g/mol. The fourth-order valence-electron chi connectivity index (χ4n) is 2.37. The van der Waals surface area contributed by atoms with E-state index in [9.17, 15) is 0 Å². The first kappa shape index (κ1) is 13.9. The summed E-state index contributed by atoms with van der Waals surface area (Å²) in [5.74, 6) is 0. The van der Waals surface area contributed by atoms with E-state index in [0.29, 0.717) is 0 Å². The Labute approximate surface area is 101 Å². The van der Waals surface area contributed by atoms with E-state index < -0.39 is 0 Å². The van der Waals surface area contributed by atoms with Crippen molar-refractivity contribution >= 4 is 0 Å². The Balaban J connectivity index is 2.14. The van der Waals surface area contributed by atoms with Crippen LogP contribution >= 0.6 is 0 Å². The van der Waals surface area contributed by atoms with Crippen LogP contribution in [-0.2, 0) is 4.74 Å². The minimum absolute atomic E-state index is 0.281. The monoisotopic (exact) mass is 228 g/mol. The molecule has 0 atom stereocenters. The molecule has 3 heteroatoms. The average molecular weight is 228 g/mol. The van der Waals surface area contributed by atoms with Gasteiger partial charge >= 0.3 is 0 Å². The van der Waals surface area contributed by atoms with Crippen molar-refractivity contribution in [3.8, 4) is 0 Å². The highest BCUT2D eigenvalue weighted by molar-refractivity contribution is 4.84. The summed E-state index contributed by atoms with van der Waals surface area (Å²) >= 11 is 0. The molecule has 0 unspecified atom stereocenters.